The molecule has 5 heteroatoms. The van der Waals surface area contributed by atoms with Crippen LogP contribution in [-0.2, 0) is 11.2 Å². The molecule has 1 aromatic rings. The topological polar surface area (TPSA) is 75.1 Å². The summed E-state index contributed by atoms with van der Waals surface area (Å²) in [5, 5.41) is 12.1. The molecule has 0 amide bonds. The maximum Gasteiger partial charge on any atom is 0.308 e. The maximum atomic E-state index is 11.0. The van der Waals surface area contributed by atoms with E-state index in [1.807, 2.05) is 19.9 Å². The minimum Gasteiger partial charge on any atom is -0.481 e. The van der Waals surface area contributed by atoms with Crippen molar-refractivity contribution < 1.29 is 9.90 Å². The van der Waals surface area contributed by atoms with Crippen LogP contribution in [0.4, 0.5) is 5.82 Å². The third-order valence-electron chi connectivity index (χ3n) is 2.60. The van der Waals surface area contributed by atoms with Crippen molar-refractivity contribution in [2.45, 2.75) is 33.1 Å². The summed E-state index contributed by atoms with van der Waals surface area (Å²) in [6, 6.07) is 1.85. The van der Waals surface area contributed by atoms with Crippen molar-refractivity contribution in [3.8, 4) is 0 Å². The minimum absolute atomic E-state index is 0.361. The first-order valence-electron chi connectivity index (χ1n) is 5.95. The van der Waals surface area contributed by atoms with Crippen LogP contribution in [0.15, 0.2) is 12.4 Å². The number of aromatic nitrogens is 2. The fraction of sp³-hybridized carbons (Fsp3) is 0.583. The lowest BCUT2D eigenvalue weighted by molar-refractivity contribution is -0.141. The Hall–Kier alpha value is -1.65. The van der Waals surface area contributed by atoms with Crippen molar-refractivity contribution >= 4 is 11.8 Å². The zero-order chi connectivity index (χ0) is 12.7. The molecule has 0 bridgehead atoms. The van der Waals surface area contributed by atoms with Gasteiger partial charge in [-0.05, 0) is 12.8 Å². The SMILES string of the molecule is CCCC(CNc1cc(CC)ncn1)C(=O)O. The first kappa shape index (κ1) is 13.4. The van der Waals surface area contributed by atoms with Crippen LogP contribution in [0.25, 0.3) is 0 Å². The fourth-order valence-corrected chi connectivity index (χ4v) is 1.58. The van der Waals surface area contributed by atoms with Crippen LogP contribution in [0.1, 0.15) is 32.4 Å². The molecule has 0 saturated carbocycles. The summed E-state index contributed by atoms with van der Waals surface area (Å²) in [5.41, 5.74) is 0.949. The number of aliphatic carboxylic acids is 1. The van der Waals surface area contributed by atoms with Gasteiger partial charge in [0.25, 0.3) is 0 Å². The molecular weight excluding hydrogens is 218 g/mol. The summed E-state index contributed by atoms with van der Waals surface area (Å²) in [5.74, 6) is -0.427. The predicted octanol–water partition coefficient (Wildman–Crippen LogP) is 1.95. The number of anilines is 1. The Morgan fingerprint density at radius 2 is 2.24 bits per heavy atom. The van der Waals surface area contributed by atoms with E-state index in [4.69, 9.17) is 5.11 Å². The average molecular weight is 237 g/mol. The van der Waals surface area contributed by atoms with E-state index < -0.39 is 5.97 Å². The van der Waals surface area contributed by atoms with Gasteiger partial charge in [0.1, 0.15) is 12.1 Å². The number of aryl methyl sites for hydroxylation is 1. The molecule has 1 rings (SSSR count). The molecule has 17 heavy (non-hydrogen) atoms. The van der Waals surface area contributed by atoms with E-state index in [2.05, 4.69) is 15.3 Å². The molecule has 0 fully saturated rings. The number of nitrogens with one attached hydrogen (secondary N) is 1. The molecule has 5 nitrogen and oxygen atoms in total. The largest absolute Gasteiger partial charge is 0.481 e. The summed E-state index contributed by atoms with van der Waals surface area (Å²) in [6.07, 6.45) is 3.88. The minimum atomic E-state index is -0.760. The molecule has 0 saturated heterocycles. The van der Waals surface area contributed by atoms with Crippen molar-refractivity contribution in [2.24, 2.45) is 5.92 Å². The van der Waals surface area contributed by atoms with Crippen LogP contribution in [0, 0.1) is 5.92 Å². The zero-order valence-electron chi connectivity index (χ0n) is 10.3. The molecular formula is C12H19N3O2. The summed E-state index contributed by atoms with van der Waals surface area (Å²) < 4.78 is 0. The summed E-state index contributed by atoms with van der Waals surface area (Å²) in [7, 11) is 0. The number of carboxylic acid groups (broad SMARTS) is 1. The quantitative estimate of drug-likeness (QED) is 0.758. The van der Waals surface area contributed by atoms with E-state index >= 15 is 0 Å². The Balaban J connectivity index is 2.55. The van der Waals surface area contributed by atoms with E-state index in [-0.39, 0.29) is 5.92 Å². The van der Waals surface area contributed by atoms with E-state index in [0.29, 0.717) is 18.8 Å². The van der Waals surface area contributed by atoms with Gasteiger partial charge >= 0.3 is 5.97 Å². The van der Waals surface area contributed by atoms with E-state index in [0.717, 1.165) is 18.5 Å². The highest BCUT2D eigenvalue weighted by Crippen LogP contribution is 2.10. The lowest BCUT2D eigenvalue weighted by Crippen LogP contribution is -2.23. The van der Waals surface area contributed by atoms with Crippen molar-refractivity contribution in [3.63, 3.8) is 0 Å². The first-order valence-corrected chi connectivity index (χ1v) is 5.95. The lowest BCUT2D eigenvalue weighted by Gasteiger charge is -2.12. The van der Waals surface area contributed by atoms with Gasteiger partial charge in [0.15, 0.2) is 0 Å². The molecule has 94 valence electrons. The number of carbonyl (C=O) groups is 1. The smallest absolute Gasteiger partial charge is 0.308 e. The van der Waals surface area contributed by atoms with Crippen molar-refractivity contribution in [2.75, 3.05) is 11.9 Å². The number of rotatable bonds is 7. The van der Waals surface area contributed by atoms with Crippen molar-refractivity contribution in [1.29, 1.82) is 0 Å². The zero-order valence-corrected chi connectivity index (χ0v) is 10.3. The van der Waals surface area contributed by atoms with Crippen LogP contribution >= 0.6 is 0 Å². The number of nitrogens with zero attached hydrogens (tertiary/aromatic N) is 2. The number of hydrogen-bond acceptors (Lipinski definition) is 4. The Morgan fingerprint density at radius 3 is 2.82 bits per heavy atom. The maximum absolute atomic E-state index is 11.0. The molecule has 1 aromatic heterocycles. The molecule has 0 aliphatic heterocycles. The third kappa shape index (κ3) is 4.38. The second-order valence-corrected chi connectivity index (χ2v) is 3.95. The normalized spacial score (nSPS) is 12.1. The molecule has 0 radical (unpaired) electrons. The molecule has 1 atom stereocenters. The van der Waals surface area contributed by atoms with Gasteiger partial charge in [0.05, 0.1) is 5.92 Å². The summed E-state index contributed by atoms with van der Waals surface area (Å²) in [6.45, 7) is 4.41. The number of hydrogen-bond donors (Lipinski definition) is 2. The summed E-state index contributed by atoms with van der Waals surface area (Å²) >= 11 is 0. The highest BCUT2D eigenvalue weighted by Gasteiger charge is 2.15. The standard InChI is InChI=1S/C12H19N3O2/c1-3-5-9(12(16)17)7-13-11-6-10(4-2)14-8-15-11/h6,8-9H,3-5,7H2,1-2H3,(H,16,17)(H,13,14,15). The summed E-state index contributed by atoms with van der Waals surface area (Å²) in [4.78, 5) is 19.1. The molecule has 0 aliphatic carbocycles. The average Bonchev–Trinajstić information content (AvgIpc) is 2.34. The van der Waals surface area contributed by atoms with Gasteiger partial charge in [-0.25, -0.2) is 9.97 Å². The Labute approximate surface area is 101 Å². The molecule has 1 heterocycles. The number of carboxylic acids is 1. The second kappa shape index (κ2) is 6.83. The van der Waals surface area contributed by atoms with Crippen molar-refractivity contribution in [1.82, 2.24) is 9.97 Å². The molecule has 0 spiro atoms. The van der Waals surface area contributed by atoms with Gasteiger partial charge < -0.3 is 10.4 Å². The van der Waals surface area contributed by atoms with Gasteiger partial charge in [0, 0.05) is 18.3 Å². The van der Waals surface area contributed by atoms with Crippen LogP contribution < -0.4 is 5.32 Å². The van der Waals surface area contributed by atoms with Crippen molar-refractivity contribution in [3.05, 3.63) is 18.1 Å². The first-order chi connectivity index (χ1) is 8.17. The van der Waals surface area contributed by atoms with Crippen LogP contribution in [0.5, 0.6) is 0 Å². The van der Waals surface area contributed by atoms with Crippen LogP contribution in [0.2, 0.25) is 0 Å². The van der Waals surface area contributed by atoms with Gasteiger partial charge in [-0.3, -0.25) is 4.79 Å². The molecule has 1 unspecified atom stereocenters. The second-order valence-electron chi connectivity index (χ2n) is 3.95. The van der Waals surface area contributed by atoms with Crippen LogP contribution in [0.3, 0.4) is 0 Å². The molecule has 2 N–H and O–H groups in total. The molecule has 0 aromatic carbocycles. The highest BCUT2D eigenvalue weighted by molar-refractivity contribution is 5.70. The van der Waals surface area contributed by atoms with Gasteiger partial charge in [0.2, 0.25) is 0 Å². The predicted molar refractivity (Wildman–Crippen MR) is 65.9 cm³/mol. The van der Waals surface area contributed by atoms with Gasteiger partial charge in [-0.1, -0.05) is 20.3 Å². The van der Waals surface area contributed by atoms with E-state index in [9.17, 15) is 4.79 Å². The highest BCUT2D eigenvalue weighted by atomic mass is 16.4. The third-order valence-corrected chi connectivity index (χ3v) is 2.60. The monoisotopic (exact) mass is 237 g/mol. The Bertz CT molecular complexity index is 369. The van der Waals surface area contributed by atoms with E-state index in [1.54, 1.807) is 0 Å². The Morgan fingerprint density at radius 1 is 1.47 bits per heavy atom. The lowest BCUT2D eigenvalue weighted by atomic mass is 10.0. The van der Waals surface area contributed by atoms with Crippen LogP contribution in [-0.4, -0.2) is 27.6 Å². The van der Waals surface area contributed by atoms with E-state index in [1.165, 1.54) is 6.33 Å². The molecule has 0 aliphatic rings. The Kier molecular flexibility index (Phi) is 5.39. The van der Waals surface area contributed by atoms with Gasteiger partial charge in [-0.15, -0.1) is 0 Å². The fourth-order valence-electron chi connectivity index (χ4n) is 1.58. The van der Waals surface area contributed by atoms with Gasteiger partial charge in [-0.2, -0.15) is 0 Å².